The second kappa shape index (κ2) is 10.9. The van der Waals surface area contributed by atoms with Gasteiger partial charge in [0.2, 0.25) is 15.9 Å². The van der Waals surface area contributed by atoms with Gasteiger partial charge in [0.05, 0.1) is 16.9 Å². The van der Waals surface area contributed by atoms with Crippen molar-refractivity contribution >= 4 is 28.3 Å². The monoisotopic (exact) mass is 421 g/mol. The second-order valence-electron chi connectivity index (χ2n) is 6.32. The van der Waals surface area contributed by atoms with Gasteiger partial charge < -0.3 is 20.5 Å². The molecule has 27 heavy (non-hydrogen) atoms. The number of nitrogens with one attached hydrogen (secondary N) is 2. The van der Waals surface area contributed by atoms with Crippen LogP contribution in [-0.2, 0) is 30.8 Å². The summed E-state index contributed by atoms with van der Waals surface area (Å²) in [5.41, 5.74) is 5.93. The first-order chi connectivity index (χ1) is 12.4. The van der Waals surface area contributed by atoms with Crippen LogP contribution >= 0.6 is 12.4 Å². The molecule has 1 amide bonds. The van der Waals surface area contributed by atoms with E-state index in [4.69, 9.17) is 15.2 Å². The summed E-state index contributed by atoms with van der Waals surface area (Å²) in [6.45, 7) is 2.03. The fraction of sp³-hybridized carbons (Fsp3) is 0.588. The number of carbonyl (C=O) groups is 1. The van der Waals surface area contributed by atoms with Crippen LogP contribution < -0.4 is 15.8 Å². The molecule has 0 spiro atoms. The van der Waals surface area contributed by atoms with Gasteiger partial charge in [-0.05, 0) is 30.5 Å². The number of hydrogen-bond acceptors (Lipinski definition) is 6. The van der Waals surface area contributed by atoms with Crippen LogP contribution in [0.4, 0.5) is 0 Å². The molecule has 0 unspecified atom stereocenters. The van der Waals surface area contributed by atoms with Crippen LogP contribution in [0.25, 0.3) is 0 Å². The third-order valence-corrected chi connectivity index (χ3v) is 6.04. The summed E-state index contributed by atoms with van der Waals surface area (Å²) in [5, 5.41) is 2.88. The summed E-state index contributed by atoms with van der Waals surface area (Å²) >= 11 is 0. The summed E-state index contributed by atoms with van der Waals surface area (Å²) in [5.74, 6) is -0.116. The van der Waals surface area contributed by atoms with E-state index in [-0.39, 0.29) is 42.8 Å². The van der Waals surface area contributed by atoms with Crippen molar-refractivity contribution in [3.8, 4) is 0 Å². The molecular weight excluding hydrogens is 394 g/mol. The first kappa shape index (κ1) is 23.8. The Labute approximate surface area is 166 Å². The third kappa shape index (κ3) is 6.41. The molecule has 1 heterocycles. The SMILES string of the molecule is COCCNS(=O)(=O)c1cccc(CNC(=O)C2(CN)CCOCC2)c1.Cl. The molecule has 4 N–H and O–H groups in total. The Kier molecular flexibility index (Phi) is 9.65. The highest BCUT2D eigenvalue weighted by Gasteiger charge is 2.38. The average Bonchev–Trinajstić information content (AvgIpc) is 2.67. The van der Waals surface area contributed by atoms with Crippen LogP contribution in [0.2, 0.25) is 0 Å². The number of halogens is 1. The summed E-state index contributed by atoms with van der Waals surface area (Å²) < 4.78 is 37.1. The van der Waals surface area contributed by atoms with Crippen molar-refractivity contribution in [2.45, 2.75) is 24.3 Å². The fourth-order valence-electron chi connectivity index (χ4n) is 2.84. The van der Waals surface area contributed by atoms with Crippen molar-refractivity contribution < 1.29 is 22.7 Å². The standard InChI is InChI=1S/C17H27N3O5S.ClH/c1-24-10-7-20-26(22,23)15-4-2-3-14(11-15)12-19-16(21)17(13-18)5-8-25-9-6-17;/h2-4,11,20H,5-10,12-13,18H2,1H3,(H,19,21);1H. The highest BCUT2D eigenvalue weighted by atomic mass is 35.5. The Morgan fingerprint density at radius 3 is 2.67 bits per heavy atom. The summed E-state index contributed by atoms with van der Waals surface area (Å²) in [4.78, 5) is 12.7. The van der Waals surface area contributed by atoms with Crippen molar-refractivity contribution in [1.82, 2.24) is 10.0 Å². The van der Waals surface area contributed by atoms with E-state index in [2.05, 4.69) is 10.0 Å². The molecule has 1 aliphatic heterocycles. The molecule has 10 heteroatoms. The van der Waals surface area contributed by atoms with Gasteiger partial charge in [-0.25, -0.2) is 13.1 Å². The number of nitrogens with two attached hydrogens (primary N) is 1. The molecule has 1 aliphatic rings. The Bertz CT molecular complexity index is 708. The summed E-state index contributed by atoms with van der Waals surface area (Å²) in [7, 11) is -2.11. The molecule has 8 nitrogen and oxygen atoms in total. The van der Waals surface area contributed by atoms with E-state index in [0.717, 1.165) is 0 Å². The molecule has 1 fully saturated rings. The topological polar surface area (TPSA) is 120 Å². The minimum Gasteiger partial charge on any atom is -0.383 e. The summed E-state index contributed by atoms with van der Waals surface area (Å²) in [6, 6.07) is 6.49. The molecule has 1 aromatic rings. The third-order valence-electron chi connectivity index (χ3n) is 4.58. The largest absolute Gasteiger partial charge is 0.383 e. The number of benzene rings is 1. The fourth-order valence-corrected chi connectivity index (χ4v) is 3.92. The number of sulfonamides is 1. The minimum atomic E-state index is -3.61. The van der Waals surface area contributed by atoms with Crippen molar-refractivity contribution in [2.75, 3.05) is 40.0 Å². The lowest BCUT2D eigenvalue weighted by molar-refractivity contribution is -0.136. The maximum absolute atomic E-state index is 12.6. The predicted molar refractivity (Wildman–Crippen MR) is 104 cm³/mol. The van der Waals surface area contributed by atoms with Gasteiger partial charge in [-0.1, -0.05) is 12.1 Å². The average molecular weight is 422 g/mol. The zero-order valence-corrected chi connectivity index (χ0v) is 17.0. The first-order valence-corrected chi connectivity index (χ1v) is 10.1. The Morgan fingerprint density at radius 1 is 1.33 bits per heavy atom. The van der Waals surface area contributed by atoms with Crippen LogP contribution in [0.3, 0.4) is 0 Å². The Morgan fingerprint density at radius 2 is 2.04 bits per heavy atom. The molecule has 0 aliphatic carbocycles. The molecule has 0 radical (unpaired) electrons. The van der Waals surface area contributed by atoms with Gasteiger partial charge in [-0.2, -0.15) is 0 Å². The van der Waals surface area contributed by atoms with Gasteiger partial charge in [-0.15, -0.1) is 12.4 Å². The van der Waals surface area contributed by atoms with Gasteiger partial charge in [0, 0.05) is 40.0 Å². The van der Waals surface area contributed by atoms with Crippen molar-refractivity contribution in [2.24, 2.45) is 11.1 Å². The zero-order valence-electron chi connectivity index (χ0n) is 15.4. The normalized spacial score (nSPS) is 16.4. The van der Waals surface area contributed by atoms with Gasteiger partial charge in [-0.3, -0.25) is 4.79 Å². The molecule has 0 saturated carbocycles. The lowest BCUT2D eigenvalue weighted by Crippen LogP contribution is -2.48. The maximum Gasteiger partial charge on any atom is 0.240 e. The molecular formula is C17H28ClN3O5S. The van der Waals surface area contributed by atoms with Crippen LogP contribution in [0.1, 0.15) is 18.4 Å². The van der Waals surface area contributed by atoms with E-state index in [9.17, 15) is 13.2 Å². The quantitative estimate of drug-likeness (QED) is 0.496. The first-order valence-electron chi connectivity index (χ1n) is 8.57. The van der Waals surface area contributed by atoms with Crippen LogP contribution in [0, 0.1) is 5.41 Å². The molecule has 0 bridgehead atoms. The predicted octanol–water partition coefficient (Wildman–Crippen LogP) is 0.405. The molecule has 0 atom stereocenters. The van der Waals surface area contributed by atoms with Gasteiger partial charge in [0.15, 0.2) is 0 Å². The lowest BCUT2D eigenvalue weighted by Gasteiger charge is -2.34. The number of ether oxygens (including phenoxy) is 2. The zero-order chi connectivity index (χ0) is 19.0. The number of rotatable bonds is 9. The van der Waals surface area contributed by atoms with E-state index in [0.29, 0.717) is 38.2 Å². The van der Waals surface area contributed by atoms with E-state index < -0.39 is 15.4 Å². The van der Waals surface area contributed by atoms with Crippen molar-refractivity contribution in [3.05, 3.63) is 29.8 Å². The van der Waals surface area contributed by atoms with Gasteiger partial charge in [0.1, 0.15) is 0 Å². The lowest BCUT2D eigenvalue weighted by atomic mass is 9.79. The van der Waals surface area contributed by atoms with Crippen LogP contribution in [0.15, 0.2) is 29.2 Å². The van der Waals surface area contributed by atoms with E-state index in [1.807, 2.05) is 0 Å². The number of methoxy groups -OCH3 is 1. The molecule has 0 aromatic heterocycles. The second-order valence-corrected chi connectivity index (χ2v) is 8.08. The van der Waals surface area contributed by atoms with Crippen LogP contribution in [0.5, 0.6) is 0 Å². The van der Waals surface area contributed by atoms with Crippen LogP contribution in [-0.4, -0.2) is 54.3 Å². The number of hydrogen-bond donors (Lipinski definition) is 3. The van der Waals surface area contributed by atoms with E-state index in [1.165, 1.54) is 13.2 Å². The smallest absolute Gasteiger partial charge is 0.240 e. The highest BCUT2D eigenvalue weighted by Crippen LogP contribution is 2.29. The van der Waals surface area contributed by atoms with E-state index in [1.54, 1.807) is 18.2 Å². The number of amides is 1. The highest BCUT2D eigenvalue weighted by molar-refractivity contribution is 7.89. The number of carbonyl (C=O) groups excluding carboxylic acids is 1. The van der Waals surface area contributed by atoms with Gasteiger partial charge >= 0.3 is 0 Å². The maximum atomic E-state index is 12.6. The molecule has 2 rings (SSSR count). The Balaban J connectivity index is 0.00000364. The molecule has 1 aromatic carbocycles. The van der Waals surface area contributed by atoms with Crippen molar-refractivity contribution in [1.29, 1.82) is 0 Å². The summed E-state index contributed by atoms with van der Waals surface area (Å²) in [6.07, 6.45) is 1.18. The van der Waals surface area contributed by atoms with E-state index >= 15 is 0 Å². The van der Waals surface area contributed by atoms with Gasteiger partial charge in [0.25, 0.3) is 0 Å². The minimum absolute atomic E-state index is 0. The molecule has 1 saturated heterocycles. The Hall–Kier alpha value is -1.23. The molecule has 154 valence electrons. The van der Waals surface area contributed by atoms with Crippen molar-refractivity contribution in [3.63, 3.8) is 0 Å².